The van der Waals surface area contributed by atoms with Gasteiger partial charge < -0.3 is 0 Å². The minimum atomic E-state index is -0.319. The van der Waals surface area contributed by atoms with Gasteiger partial charge in [0.15, 0.2) is 0 Å². The number of unbranched alkanes of at least 4 members (excludes halogenated alkanes) is 14. The Morgan fingerprint density at radius 2 is 1.00 bits per heavy atom. The molecule has 1 fully saturated rings. The van der Waals surface area contributed by atoms with E-state index in [4.69, 9.17) is 0 Å². The molecule has 0 bridgehead atoms. The topological polar surface area (TPSA) is 54.5 Å². The average Bonchev–Trinajstić information content (AvgIpc) is 2.96. The second kappa shape index (κ2) is 14.9. The lowest BCUT2D eigenvalue weighted by Gasteiger charge is -2.11. The highest BCUT2D eigenvalue weighted by Gasteiger charge is 2.33. The van der Waals surface area contributed by atoms with Crippen molar-refractivity contribution in [1.82, 2.24) is 4.90 Å². The number of likely N-dealkylation sites (tertiary alicyclic amines) is 1. The number of carbonyl (C=O) groups excluding carboxylic acids is 3. The summed E-state index contributed by atoms with van der Waals surface area (Å²) in [5.74, 6) is -0.936. The van der Waals surface area contributed by atoms with Crippen molar-refractivity contribution in [2.75, 3.05) is 0 Å². The molecule has 1 heterocycles. The van der Waals surface area contributed by atoms with Crippen LogP contribution in [-0.4, -0.2) is 22.6 Å². The minimum Gasteiger partial charge on any atom is -0.274 e. The summed E-state index contributed by atoms with van der Waals surface area (Å²) in [6.45, 7) is 2.26. The van der Waals surface area contributed by atoms with E-state index in [1.54, 1.807) is 0 Å². The third kappa shape index (κ3) is 10.1. The molecule has 0 unspecified atom stereocenters. The molecule has 4 heteroatoms. The van der Waals surface area contributed by atoms with Crippen LogP contribution in [0.5, 0.6) is 0 Å². The maximum Gasteiger partial charge on any atom is 0.236 e. The van der Waals surface area contributed by atoms with E-state index in [0.29, 0.717) is 6.42 Å². The summed E-state index contributed by atoms with van der Waals surface area (Å²) in [6, 6.07) is 0. The van der Waals surface area contributed by atoms with Gasteiger partial charge in [-0.05, 0) is 6.42 Å². The lowest BCUT2D eigenvalue weighted by atomic mass is 10.0. The van der Waals surface area contributed by atoms with Gasteiger partial charge in [-0.2, -0.15) is 0 Å². The van der Waals surface area contributed by atoms with E-state index in [0.717, 1.165) is 24.2 Å². The van der Waals surface area contributed by atoms with E-state index < -0.39 is 0 Å². The van der Waals surface area contributed by atoms with Crippen molar-refractivity contribution in [3.8, 4) is 0 Å². The van der Waals surface area contributed by atoms with Gasteiger partial charge in [0.2, 0.25) is 17.7 Å². The van der Waals surface area contributed by atoms with Gasteiger partial charge in [0.05, 0.1) is 0 Å². The largest absolute Gasteiger partial charge is 0.274 e. The molecule has 3 amide bonds. The second-order valence-electron chi connectivity index (χ2n) is 7.72. The van der Waals surface area contributed by atoms with Crippen LogP contribution in [0.1, 0.15) is 122 Å². The zero-order valence-corrected chi connectivity index (χ0v) is 16.9. The third-order valence-electron chi connectivity index (χ3n) is 5.30. The van der Waals surface area contributed by atoms with Crippen LogP contribution in [0.3, 0.4) is 0 Å². The molecule has 1 aliphatic heterocycles. The van der Waals surface area contributed by atoms with E-state index in [1.807, 2.05) is 0 Å². The molecule has 0 spiro atoms. The standard InChI is InChI=1S/C22H39NO3/c1-2-3-4-5-6-7-8-9-10-11-12-13-14-15-16-17-20(24)23-21(25)18-19-22(23)26/h2-19H2,1H3. The molecule has 0 aromatic rings. The molecule has 0 atom stereocenters. The van der Waals surface area contributed by atoms with Gasteiger partial charge in [-0.15, -0.1) is 0 Å². The van der Waals surface area contributed by atoms with Crippen molar-refractivity contribution < 1.29 is 14.4 Å². The molecule has 0 aliphatic carbocycles. The fourth-order valence-corrected chi connectivity index (χ4v) is 3.61. The fraction of sp³-hybridized carbons (Fsp3) is 0.864. The third-order valence-corrected chi connectivity index (χ3v) is 5.30. The van der Waals surface area contributed by atoms with Crippen LogP contribution in [0.4, 0.5) is 0 Å². The van der Waals surface area contributed by atoms with E-state index in [1.165, 1.54) is 77.0 Å². The second-order valence-corrected chi connectivity index (χ2v) is 7.72. The summed E-state index contributed by atoms with van der Waals surface area (Å²) in [5, 5.41) is 0. The minimum absolute atomic E-state index is 0.198. The summed E-state index contributed by atoms with van der Waals surface area (Å²) >= 11 is 0. The van der Waals surface area contributed by atoms with Crippen LogP contribution in [0, 0.1) is 0 Å². The Morgan fingerprint density at radius 1 is 0.654 bits per heavy atom. The van der Waals surface area contributed by atoms with Crippen molar-refractivity contribution >= 4 is 17.7 Å². The van der Waals surface area contributed by atoms with Gasteiger partial charge >= 0.3 is 0 Å². The highest BCUT2D eigenvalue weighted by atomic mass is 16.2. The molecular formula is C22H39NO3. The lowest BCUT2D eigenvalue weighted by molar-refractivity contribution is -0.149. The quantitative estimate of drug-likeness (QED) is 0.252. The summed E-state index contributed by atoms with van der Waals surface area (Å²) in [6.07, 6.45) is 20.0. The number of nitrogens with zero attached hydrogens (tertiary/aromatic N) is 1. The van der Waals surface area contributed by atoms with Crippen molar-refractivity contribution in [3.05, 3.63) is 0 Å². The van der Waals surface area contributed by atoms with Crippen LogP contribution < -0.4 is 0 Å². The zero-order valence-electron chi connectivity index (χ0n) is 16.9. The van der Waals surface area contributed by atoms with Crippen LogP contribution in [-0.2, 0) is 14.4 Å². The molecule has 0 saturated carbocycles. The van der Waals surface area contributed by atoms with Crippen LogP contribution >= 0.6 is 0 Å². The predicted molar refractivity (Wildman–Crippen MR) is 106 cm³/mol. The van der Waals surface area contributed by atoms with E-state index in [9.17, 15) is 14.4 Å². The van der Waals surface area contributed by atoms with Gasteiger partial charge in [0.25, 0.3) is 0 Å². The van der Waals surface area contributed by atoms with Gasteiger partial charge in [-0.1, -0.05) is 96.8 Å². The van der Waals surface area contributed by atoms with Gasteiger partial charge in [0.1, 0.15) is 0 Å². The number of imide groups is 3. The molecule has 0 N–H and O–H groups in total. The lowest BCUT2D eigenvalue weighted by Crippen LogP contribution is -2.35. The summed E-state index contributed by atoms with van der Waals surface area (Å²) < 4.78 is 0. The molecule has 0 aromatic carbocycles. The van der Waals surface area contributed by atoms with Crippen LogP contribution in [0.2, 0.25) is 0 Å². The van der Waals surface area contributed by atoms with E-state index in [-0.39, 0.29) is 30.6 Å². The number of amides is 3. The van der Waals surface area contributed by atoms with Gasteiger partial charge in [-0.25, -0.2) is 4.90 Å². The smallest absolute Gasteiger partial charge is 0.236 e. The Hall–Kier alpha value is -1.19. The van der Waals surface area contributed by atoms with E-state index >= 15 is 0 Å². The highest BCUT2D eigenvalue weighted by Crippen LogP contribution is 2.16. The summed E-state index contributed by atoms with van der Waals surface area (Å²) in [7, 11) is 0. The molecule has 0 radical (unpaired) electrons. The van der Waals surface area contributed by atoms with E-state index in [2.05, 4.69) is 6.92 Å². The first-order valence-electron chi connectivity index (χ1n) is 11.1. The number of carbonyl (C=O) groups is 3. The first kappa shape index (κ1) is 22.9. The van der Waals surface area contributed by atoms with Crippen molar-refractivity contribution in [2.24, 2.45) is 0 Å². The Kier molecular flexibility index (Phi) is 13.1. The van der Waals surface area contributed by atoms with Crippen molar-refractivity contribution in [1.29, 1.82) is 0 Å². The predicted octanol–water partition coefficient (Wildman–Crippen LogP) is 5.92. The SMILES string of the molecule is CCCCCCCCCCCCCCCCCC(=O)N1C(=O)CCC1=O. The monoisotopic (exact) mass is 365 g/mol. The molecule has 0 aromatic heterocycles. The number of rotatable bonds is 16. The Balaban J connectivity index is 1.82. The molecule has 1 rings (SSSR count). The Bertz CT molecular complexity index is 404. The van der Waals surface area contributed by atoms with Gasteiger partial charge in [0, 0.05) is 19.3 Å². The van der Waals surface area contributed by atoms with Crippen molar-refractivity contribution in [2.45, 2.75) is 122 Å². The number of hydrogen-bond acceptors (Lipinski definition) is 3. The highest BCUT2D eigenvalue weighted by molar-refractivity contribution is 6.14. The molecule has 150 valence electrons. The molecule has 4 nitrogen and oxygen atoms in total. The van der Waals surface area contributed by atoms with Crippen LogP contribution in [0.15, 0.2) is 0 Å². The molecule has 1 aliphatic rings. The molecule has 26 heavy (non-hydrogen) atoms. The zero-order chi connectivity index (χ0) is 19.0. The Labute approximate surface area is 160 Å². The first-order chi connectivity index (χ1) is 12.7. The summed E-state index contributed by atoms with van der Waals surface area (Å²) in [5.41, 5.74) is 0. The fourth-order valence-electron chi connectivity index (χ4n) is 3.61. The van der Waals surface area contributed by atoms with Crippen LogP contribution in [0.25, 0.3) is 0 Å². The molecule has 1 saturated heterocycles. The average molecular weight is 366 g/mol. The normalized spacial score (nSPS) is 14.4. The van der Waals surface area contributed by atoms with Crippen molar-refractivity contribution in [3.63, 3.8) is 0 Å². The first-order valence-corrected chi connectivity index (χ1v) is 11.1. The number of hydrogen-bond donors (Lipinski definition) is 0. The summed E-state index contributed by atoms with van der Waals surface area (Å²) in [4.78, 5) is 35.7. The molecular weight excluding hydrogens is 326 g/mol. The maximum absolute atomic E-state index is 11.9. The maximum atomic E-state index is 11.9. The Morgan fingerprint density at radius 3 is 1.38 bits per heavy atom. The van der Waals surface area contributed by atoms with Gasteiger partial charge in [-0.3, -0.25) is 14.4 Å².